The number of aliphatic hydroxyl groups excluding tert-OH is 1. The van der Waals surface area contributed by atoms with Crippen LogP contribution in [0.1, 0.15) is 23.2 Å². The van der Waals surface area contributed by atoms with E-state index in [9.17, 15) is 9.90 Å². The van der Waals surface area contributed by atoms with E-state index in [-0.39, 0.29) is 12.0 Å². The van der Waals surface area contributed by atoms with Gasteiger partial charge in [-0.2, -0.15) is 0 Å². The maximum atomic E-state index is 12.5. The molecule has 2 aromatic rings. The largest absolute Gasteiger partial charge is 0.393 e. The van der Waals surface area contributed by atoms with Crippen LogP contribution in [0, 0.1) is 5.92 Å². The summed E-state index contributed by atoms with van der Waals surface area (Å²) in [4.78, 5) is 14.2. The molecule has 21 heavy (non-hydrogen) atoms. The summed E-state index contributed by atoms with van der Waals surface area (Å²) in [6.45, 7) is 0.715. The topological polar surface area (TPSA) is 40.5 Å². The highest BCUT2D eigenvalue weighted by Crippen LogP contribution is 2.28. The highest BCUT2D eigenvalue weighted by Gasteiger charge is 2.29. The average molecular weight is 348 g/mol. The Kier molecular flexibility index (Phi) is 4.00. The molecule has 0 atom stereocenters. The van der Waals surface area contributed by atoms with Crippen molar-refractivity contribution >= 4 is 32.6 Å². The number of carbonyl (C=O) groups is 1. The number of halogens is 1. The van der Waals surface area contributed by atoms with Crippen LogP contribution in [0.3, 0.4) is 0 Å². The quantitative estimate of drug-likeness (QED) is 0.923. The van der Waals surface area contributed by atoms with Crippen molar-refractivity contribution in [3.8, 4) is 0 Å². The van der Waals surface area contributed by atoms with Gasteiger partial charge in [0, 0.05) is 23.6 Å². The van der Waals surface area contributed by atoms with Gasteiger partial charge in [-0.05, 0) is 47.7 Å². The van der Waals surface area contributed by atoms with Crippen LogP contribution in [0.25, 0.3) is 10.8 Å². The minimum absolute atomic E-state index is 0.0401. The third kappa shape index (κ3) is 2.97. The minimum atomic E-state index is -0.170. The Labute approximate surface area is 132 Å². The summed E-state index contributed by atoms with van der Waals surface area (Å²) >= 11 is 3.52. The standard InChI is InChI=1S/C17H18BrNO2/c1-19(10-11-7-14(20)8-11)17(21)13-5-6-15-12(9-13)3-2-4-16(15)18/h2-6,9,11,14,20H,7-8,10H2,1H3. The fraction of sp³-hybridized carbons (Fsp3) is 0.353. The van der Waals surface area contributed by atoms with Gasteiger partial charge in [-0.1, -0.05) is 34.1 Å². The highest BCUT2D eigenvalue weighted by atomic mass is 79.9. The molecule has 0 heterocycles. The molecule has 0 bridgehead atoms. The lowest BCUT2D eigenvalue weighted by Crippen LogP contribution is -2.39. The molecule has 0 aromatic heterocycles. The molecule has 3 nitrogen and oxygen atoms in total. The lowest BCUT2D eigenvalue weighted by molar-refractivity contribution is 0.0265. The Morgan fingerprint density at radius 2 is 2.10 bits per heavy atom. The van der Waals surface area contributed by atoms with Crippen molar-refractivity contribution in [3.05, 3.63) is 46.4 Å². The van der Waals surface area contributed by atoms with E-state index in [0.717, 1.165) is 28.1 Å². The number of nitrogens with zero attached hydrogens (tertiary/aromatic N) is 1. The van der Waals surface area contributed by atoms with Gasteiger partial charge in [0.05, 0.1) is 6.10 Å². The Morgan fingerprint density at radius 3 is 2.81 bits per heavy atom. The summed E-state index contributed by atoms with van der Waals surface area (Å²) in [5, 5.41) is 11.5. The molecule has 2 aromatic carbocycles. The van der Waals surface area contributed by atoms with Crippen LogP contribution in [-0.4, -0.2) is 35.6 Å². The van der Waals surface area contributed by atoms with Gasteiger partial charge in [0.15, 0.2) is 0 Å². The van der Waals surface area contributed by atoms with E-state index in [1.807, 2.05) is 43.4 Å². The van der Waals surface area contributed by atoms with Crippen molar-refractivity contribution in [2.45, 2.75) is 18.9 Å². The maximum Gasteiger partial charge on any atom is 0.253 e. The first kappa shape index (κ1) is 14.5. The van der Waals surface area contributed by atoms with Crippen LogP contribution in [0.4, 0.5) is 0 Å². The second-order valence-corrected chi connectivity index (χ2v) is 6.71. The highest BCUT2D eigenvalue weighted by molar-refractivity contribution is 9.10. The fourth-order valence-electron chi connectivity index (χ4n) is 2.92. The predicted molar refractivity (Wildman–Crippen MR) is 87.3 cm³/mol. The van der Waals surface area contributed by atoms with E-state index >= 15 is 0 Å². The Hall–Kier alpha value is -1.39. The van der Waals surface area contributed by atoms with Gasteiger partial charge in [0.2, 0.25) is 0 Å². The predicted octanol–water partition coefficient (Wildman–Crippen LogP) is 3.45. The number of fused-ring (bicyclic) bond motifs is 1. The van der Waals surface area contributed by atoms with Crippen LogP contribution >= 0.6 is 15.9 Å². The molecule has 0 unspecified atom stereocenters. The number of benzene rings is 2. The zero-order chi connectivity index (χ0) is 15.0. The van der Waals surface area contributed by atoms with Gasteiger partial charge < -0.3 is 10.0 Å². The first-order valence-electron chi connectivity index (χ1n) is 7.16. The molecule has 0 spiro atoms. The van der Waals surface area contributed by atoms with Gasteiger partial charge in [0.25, 0.3) is 5.91 Å². The normalized spacial score (nSPS) is 21.1. The second-order valence-electron chi connectivity index (χ2n) is 5.85. The number of aliphatic hydroxyl groups is 1. The molecule has 0 radical (unpaired) electrons. The van der Waals surface area contributed by atoms with Crippen LogP contribution in [0.2, 0.25) is 0 Å². The molecular weight excluding hydrogens is 330 g/mol. The van der Waals surface area contributed by atoms with Crippen molar-refractivity contribution in [1.82, 2.24) is 4.90 Å². The molecule has 1 amide bonds. The van der Waals surface area contributed by atoms with Gasteiger partial charge in [-0.15, -0.1) is 0 Å². The molecule has 1 fully saturated rings. The third-order valence-electron chi connectivity index (χ3n) is 4.16. The molecule has 1 saturated carbocycles. The van der Waals surface area contributed by atoms with E-state index in [1.54, 1.807) is 4.90 Å². The average Bonchev–Trinajstić information content (AvgIpc) is 2.44. The molecule has 3 rings (SSSR count). The van der Waals surface area contributed by atoms with Crippen LogP contribution < -0.4 is 0 Å². The number of hydrogen-bond donors (Lipinski definition) is 1. The van der Waals surface area contributed by atoms with Crippen molar-refractivity contribution < 1.29 is 9.90 Å². The number of amides is 1. The number of hydrogen-bond acceptors (Lipinski definition) is 2. The van der Waals surface area contributed by atoms with Crippen molar-refractivity contribution in [1.29, 1.82) is 0 Å². The lowest BCUT2D eigenvalue weighted by Gasteiger charge is -2.34. The summed E-state index contributed by atoms with van der Waals surface area (Å²) in [5.74, 6) is 0.474. The van der Waals surface area contributed by atoms with E-state index in [2.05, 4.69) is 15.9 Å². The van der Waals surface area contributed by atoms with Crippen molar-refractivity contribution in [3.63, 3.8) is 0 Å². The molecule has 1 aliphatic rings. The SMILES string of the molecule is CN(CC1CC(O)C1)C(=O)c1ccc2c(Br)cccc2c1. The molecule has 110 valence electrons. The first-order valence-corrected chi connectivity index (χ1v) is 7.95. The Balaban J connectivity index is 1.77. The van der Waals surface area contributed by atoms with E-state index < -0.39 is 0 Å². The van der Waals surface area contributed by atoms with Crippen LogP contribution in [-0.2, 0) is 0 Å². The van der Waals surface area contributed by atoms with Crippen molar-refractivity contribution in [2.75, 3.05) is 13.6 Å². The van der Waals surface area contributed by atoms with E-state index in [1.165, 1.54) is 0 Å². The smallest absolute Gasteiger partial charge is 0.253 e. The summed E-state index contributed by atoms with van der Waals surface area (Å²) in [6.07, 6.45) is 1.45. The lowest BCUT2D eigenvalue weighted by atomic mass is 9.82. The second kappa shape index (κ2) is 5.78. The summed E-state index contributed by atoms with van der Waals surface area (Å²) in [7, 11) is 1.83. The molecule has 0 aliphatic heterocycles. The van der Waals surface area contributed by atoms with Crippen LogP contribution in [0.15, 0.2) is 40.9 Å². The third-order valence-corrected chi connectivity index (χ3v) is 4.86. The van der Waals surface area contributed by atoms with Gasteiger partial charge in [-0.3, -0.25) is 4.79 Å². The summed E-state index contributed by atoms with van der Waals surface area (Å²) in [6, 6.07) is 11.8. The Morgan fingerprint density at radius 1 is 1.33 bits per heavy atom. The zero-order valence-corrected chi connectivity index (χ0v) is 13.5. The first-order chi connectivity index (χ1) is 10.0. The van der Waals surface area contributed by atoms with Crippen LogP contribution in [0.5, 0.6) is 0 Å². The summed E-state index contributed by atoms with van der Waals surface area (Å²) in [5.41, 5.74) is 0.711. The van der Waals surface area contributed by atoms with E-state index in [4.69, 9.17) is 0 Å². The van der Waals surface area contributed by atoms with Gasteiger partial charge in [-0.25, -0.2) is 0 Å². The van der Waals surface area contributed by atoms with Gasteiger partial charge >= 0.3 is 0 Å². The monoisotopic (exact) mass is 347 g/mol. The molecule has 4 heteroatoms. The Bertz CT molecular complexity index is 680. The number of carbonyl (C=O) groups excluding carboxylic acids is 1. The molecule has 0 saturated heterocycles. The fourth-order valence-corrected chi connectivity index (χ4v) is 3.43. The molecular formula is C17H18BrNO2. The maximum absolute atomic E-state index is 12.5. The zero-order valence-electron chi connectivity index (χ0n) is 11.9. The minimum Gasteiger partial charge on any atom is -0.393 e. The van der Waals surface area contributed by atoms with Crippen molar-refractivity contribution in [2.24, 2.45) is 5.92 Å². The summed E-state index contributed by atoms with van der Waals surface area (Å²) < 4.78 is 1.04. The van der Waals surface area contributed by atoms with E-state index in [0.29, 0.717) is 18.0 Å². The van der Waals surface area contributed by atoms with Gasteiger partial charge in [0.1, 0.15) is 0 Å². The molecule has 1 aliphatic carbocycles. The number of rotatable bonds is 3. The molecule has 1 N–H and O–H groups in total.